The third kappa shape index (κ3) is 3.95. The van der Waals surface area contributed by atoms with Crippen LogP contribution in [0.1, 0.15) is 57.8 Å². The normalized spacial score (nSPS) is 24.5. The first-order chi connectivity index (χ1) is 9.67. The highest BCUT2D eigenvalue weighted by molar-refractivity contribution is 5.80. The molecule has 0 aromatic carbocycles. The Kier molecular flexibility index (Phi) is 5.85. The summed E-state index contributed by atoms with van der Waals surface area (Å²) in [5.74, 6) is -0.0232. The molecule has 2 aliphatic carbocycles. The van der Waals surface area contributed by atoms with Gasteiger partial charge in [0.2, 0.25) is 5.91 Å². The Morgan fingerprint density at radius 2 is 1.90 bits per heavy atom. The number of methoxy groups -OCH3 is 1. The summed E-state index contributed by atoms with van der Waals surface area (Å²) in [6.45, 7) is 1.34. The summed E-state index contributed by atoms with van der Waals surface area (Å²) in [4.78, 5) is 12.1. The van der Waals surface area contributed by atoms with E-state index in [2.05, 4.69) is 5.32 Å². The van der Waals surface area contributed by atoms with Gasteiger partial charge in [0, 0.05) is 19.1 Å². The van der Waals surface area contributed by atoms with Crippen molar-refractivity contribution >= 4 is 5.91 Å². The Bertz CT molecular complexity index is 307. The van der Waals surface area contributed by atoms with Crippen molar-refractivity contribution in [2.24, 2.45) is 11.3 Å². The van der Waals surface area contributed by atoms with Gasteiger partial charge in [0.25, 0.3) is 0 Å². The van der Waals surface area contributed by atoms with Crippen molar-refractivity contribution in [2.45, 2.75) is 63.9 Å². The molecular formula is C16H29NO3. The predicted molar refractivity (Wildman–Crippen MR) is 78.4 cm³/mol. The van der Waals surface area contributed by atoms with E-state index in [1.807, 2.05) is 0 Å². The largest absolute Gasteiger partial charge is 0.384 e. The Morgan fingerprint density at radius 1 is 1.25 bits per heavy atom. The van der Waals surface area contributed by atoms with Crippen LogP contribution in [0.4, 0.5) is 0 Å². The highest BCUT2D eigenvalue weighted by Gasteiger charge is 2.35. The smallest absolute Gasteiger partial charge is 0.249 e. The Morgan fingerprint density at radius 3 is 2.50 bits per heavy atom. The molecule has 2 N–H and O–H groups in total. The minimum absolute atomic E-state index is 0.0939. The van der Waals surface area contributed by atoms with Gasteiger partial charge in [0.05, 0.1) is 6.61 Å². The van der Waals surface area contributed by atoms with E-state index >= 15 is 0 Å². The lowest BCUT2D eigenvalue weighted by Gasteiger charge is -2.30. The van der Waals surface area contributed by atoms with Crippen molar-refractivity contribution in [1.82, 2.24) is 5.32 Å². The molecule has 2 saturated carbocycles. The standard InChI is InChI=1S/C16H29NO3/c1-20-12-16(9-5-6-10-16)11-17-15(19)14(18)13-7-3-2-4-8-13/h13-14,18H,2-12H2,1H3,(H,17,19)/t14-/m1/s1. The Hall–Kier alpha value is -0.610. The second-order valence-corrected chi connectivity index (χ2v) is 6.70. The lowest BCUT2D eigenvalue weighted by Crippen LogP contribution is -2.45. The summed E-state index contributed by atoms with van der Waals surface area (Å²) >= 11 is 0. The molecule has 0 unspecified atom stereocenters. The van der Waals surface area contributed by atoms with Crippen LogP contribution in [0.5, 0.6) is 0 Å². The maximum absolute atomic E-state index is 12.1. The predicted octanol–water partition coefficient (Wildman–Crippen LogP) is 2.25. The highest BCUT2D eigenvalue weighted by atomic mass is 16.5. The van der Waals surface area contributed by atoms with Crippen molar-refractivity contribution in [3.63, 3.8) is 0 Å². The van der Waals surface area contributed by atoms with E-state index in [0.717, 1.165) is 38.5 Å². The van der Waals surface area contributed by atoms with Gasteiger partial charge in [-0.15, -0.1) is 0 Å². The number of carbonyl (C=O) groups is 1. The van der Waals surface area contributed by atoms with Crippen molar-refractivity contribution in [3.8, 4) is 0 Å². The first-order valence-electron chi connectivity index (χ1n) is 8.12. The summed E-state index contributed by atoms with van der Waals surface area (Å²) in [5, 5.41) is 13.2. The first-order valence-corrected chi connectivity index (χ1v) is 8.12. The maximum atomic E-state index is 12.1. The van der Waals surface area contributed by atoms with E-state index in [1.54, 1.807) is 7.11 Å². The van der Waals surface area contributed by atoms with E-state index < -0.39 is 6.10 Å². The number of ether oxygens (including phenoxy) is 1. The molecule has 2 rings (SSSR count). The monoisotopic (exact) mass is 283 g/mol. The van der Waals surface area contributed by atoms with Crippen molar-refractivity contribution in [1.29, 1.82) is 0 Å². The highest BCUT2D eigenvalue weighted by Crippen LogP contribution is 2.37. The number of nitrogens with one attached hydrogen (secondary N) is 1. The van der Waals surface area contributed by atoms with E-state index in [9.17, 15) is 9.90 Å². The maximum Gasteiger partial charge on any atom is 0.249 e. The van der Waals surface area contributed by atoms with Crippen LogP contribution in [0.3, 0.4) is 0 Å². The molecule has 0 heterocycles. The zero-order valence-corrected chi connectivity index (χ0v) is 12.7. The summed E-state index contributed by atoms with van der Waals surface area (Å²) in [6.07, 6.45) is 9.31. The zero-order chi connectivity index (χ0) is 14.4. The van der Waals surface area contributed by atoms with Crippen molar-refractivity contribution < 1.29 is 14.6 Å². The number of aliphatic hydroxyl groups excluding tert-OH is 1. The molecule has 2 fully saturated rings. The van der Waals surface area contributed by atoms with Crippen LogP contribution in [-0.2, 0) is 9.53 Å². The zero-order valence-electron chi connectivity index (χ0n) is 12.7. The lowest BCUT2D eigenvalue weighted by molar-refractivity contribution is -0.133. The second kappa shape index (κ2) is 7.41. The van der Waals surface area contributed by atoms with Gasteiger partial charge in [0.1, 0.15) is 6.10 Å². The van der Waals surface area contributed by atoms with Gasteiger partial charge >= 0.3 is 0 Å². The molecule has 4 heteroatoms. The second-order valence-electron chi connectivity index (χ2n) is 6.70. The molecule has 116 valence electrons. The van der Waals surface area contributed by atoms with E-state index in [-0.39, 0.29) is 17.2 Å². The average Bonchev–Trinajstić information content (AvgIpc) is 2.94. The Balaban J connectivity index is 1.80. The number of hydrogen-bond donors (Lipinski definition) is 2. The number of aliphatic hydroxyl groups is 1. The van der Waals surface area contributed by atoms with E-state index in [0.29, 0.717) is 13.2 Å². The topological polar surface area (TPSA) is 58.6 Å². The van der Waals surface area contributed by atoms with Crippen LogP contribution in [0.2, 0.25) is 0 Å². The lowest BCUT2D eigenvalue weighted by atomic mass is 9.84. The molecular weight excluding hydrogens is 254 g/mol. The van der Waals surface area contributed by atoms with E-state index in [1.165, 1.54) is 19.3 Å². The third-order valence-corrected chi connectivity index (χ3v) is 5.12. The molecule has 4 nitrogen and oxygen atoms in total. The number of carbonyl (C=O) groups excluding carboxylic acids is 1. The molecule has 20 heavy (non-hydrogen) atoms. The quantitative estimate of drug-likeness (QED) is 0.786. The van der Waals surface area contributed by atoms with Crippen LogP contribution < -0.4 is 5.32 Å². The van der Waals surface area contributed by atoms with Gasteiger partial charge in [-0.1, -0.05) is 32.1 Å². The minimum atomic E-state index is -0.823. The van der Waals surface area contributed by atoms with Gasteiger partial charge in [-0.05, 0) is 31.6 Å². The fraction of sp³-hybridized carbons (Fsp3) is 0.938. The van der Waals surface area contributed by atoms with Gasteiger partial charge in [-0.25, -0.2) is 0 Å². The summed E-state index contributed by atoms with van der Waals surface area (Å²) in [6, 6.07) is 0. The first kappa shape index (κ1) is 15.8. The molecule has 0 bridgehead atoms. The molecule has 0 aromatic heterocycles. The number of rotatable bonds is 6. The minimum Gasteiger partial charge on any atom is -0.384 e. The third-order valence-electron chi connectivity index (χ3n) is 5.12. The molecule has 0 spiro atoms. The molecule has 0 saturated heterocycles. The number of amides is 1. The summed E-state index contributed by atoms with van der Waals surface area (Å²) < 4.78 is 5.32. The molecule has 0 aromatic rings. The fourth-order valence-electron chi connectivity index (χ4n) is 3.85. The van der Waals surface area contributed by atoms with E-state index in [4.69, 9.17) is 4.74 Å². The van der Waals surface area contributed by atoms with Gasteiger partial charge < -0.3 is 15.2 Å². The fourth-order valence-corrected chi connectivity index (χ4v) is 3.85. The van der Waals surface area contributed by atoms with Gasteiger partial charge in [-0.2, -0.15) is 0 Å². The molecule has 1 amide bonds. The van der Waals surface area contributed by atoms with Gasteiger partial charge in [-0.3, -0.25) is 4.79 Å². The molecule has 2 aliphatic rings. The van der Waals surface area contributed by atoms with Crippen LogP contribution in [0.25, 0.3) is 0 Å². The average molecular weight is 283 g/mol. The SMILES string of the molecule is COCC1(CNC(=O)[C@H](O)C2CCCCC2)CCCC1. The van der Waals surface area contributed by atoms with Gasteiger partial charge in [0.15, 0.2) is 0 Å². The van der Waals surface area contributed by atoms with Crippen molar-refractivity contribution in [3.05, 3.63) is 0 Å². The summed E-state index contributed by atoms with van der Waals surface area (Å²) in [5.41, 5.74) is 0.0939. The molecule has 0 aliphatic heterocycles. The van der Waals surface area contributed by atoms with Crippen LogP contribution in [-0.4, -0.2) is 37.4 Å². The van der Waals surface area contributed by atoms with Crippen LogP contribution in [0, 0.1) is 11.3 Å². The molecule has 0 radical (unpaired) electrons. The van der Waals surface area contributed by atoms with Crippen LogP contribution in [0.15, 0.2) is 0 Å². The van der Waals surface area contributed by atoms with Crippen molar-refractivity contribution in [2.75, 3.05) is 20.3 Å². The Labute approximate surface area is 122 Å². The number of hydrogen-bond acceptors (Lipinski definition) is 3. The molecule has 1 atom stereocenters. The van der Waals surface area contributed by atoms with Crippen LogP contribution >= 0.6 is 0 Å². The summed E-state index contributed by atoms with van der Waals surface area (Å²) in [7, 11) is 1.72.